The number of aliphatic carboxylic acids is 1. The second-order valence-electron chi connectivity index (χ2n) is 11.3. The lowest BCUT2D eigenvalue weighted by Crippen LogP contribution is -2.50. The van der Waals surface area contributed by atoms with Gasteiger partial charge in [-0.1, -0.05) is 39.0 Å². The highest BCUT2D eigenvalue weighted by Crippen LogP contribution is 2.55. The van der Waals surface area contributed by atoms with E-state index in [-0.39, 0.29) is 22.9 Å². The smallest absolute Gasteiger partial charge is 0.307 e. The summed E-state index contributed by atoms with van der Waals surface area (Å²) in [4.78, 5) is 17.3. The summed E-state index contributed by atoms with van der Waals surface area (Å²) in [6.07, 6.45) is 6.57. The monoisotopic (exact) mass is 505 g/mol. The quantitative estimate of drug-likeness (QED) is 0.368. The average Bonchev–Trinajstić information content (AvgIpc) is 3.35. The van der Waals surface area contributed by atoms with Crippen LogP contribution in [0.15, 0.2) is 48.1 Å². The third-order valence-corrected chi connectivity index (χ3v) is 8.86. The number of ether oxygens (including phenoxy) is 2. The van der Waals surface area contributed by atoms with Crippen LogP contribution in [0.25, 0.3) is 10.4 Å². The lowest BCUT2D eigenvalue weighted by Gasteiger charge is -2.51. The molecule has 36 heavy (non-hydrogen) atoms. The molecule has 3 unspecified atom stereocenters. The number of aryl methyl sites for hydroxylation is 1. The number of aromatic nitrogens is 1. The van der Waals surface area contributed by atoms with Crippen molar-refractivity contribution in [3.63, 3.8) is 0 Å². The van der Waals surface area contributed by atoms with Crippen LogP contribution in [0.1, 0.15) is 74.8 Å². The van der Waals surface area contributed by atoms with Crippen molar-refractivity contribution >= 4 is 17.3 Å². The van der Waals surface area contributed by atoms with Gasteiger partial charge in [0, 0.05) is 18.7 Å². The number of carboxylic acid groups (broad SMARTS) is 1. The molecule has 190 valence electrons. The molecule has 1 spiro atoms. The maximum atomic E-state index is 11.9. The number of hydrogen-bond donors (Lipinski definition) is 1. The van der Waals surface area contributed by atoms with Crippen molar-refractivity contribution in [3.05, 3.63) is 70.4 Å². The van der Waals surface area contributed by atoms with Crippen molar-refractivity contribution in [2.75, 3.05) is 7.11 Å². The fourth-order valence-electron chi connectivity index (χ4n) is 6.28. The fourth-order valence-corrected chi connectivity index (χ4v) is 6.95. The summed E-state index contributed by atoms with van der Waals surface area (Å²) in [6, 6.07) is 12.7. The first-order valence-electron chi connectivity index (χ1n) is 12.8. The van der Waals surface area contributed by atoms with Crippen LogP contribution in [0.4, 0.5) is 0 Å². The van der Waals surface area contributed by atoms with Crippen molar-refractivity contribution in [2.24, 2.45) is 11.3 Å². The van der Waals surface area contributed by atoms with Gasteiger partial charge in [-0.2, -0.15) is 0 Å². The number of thiazole rings is 1. The van der Waals surface area contributed by atoms with Gasteiger partial charge in [0.25, 0.3) is 0 Å². The average molecular weight is 506 g/mol. The Hall–Kier alpha value is -2.70. The molecule has 0 amide bonds. The normalized spacial score (nSPS) is 22.1. The van der Waals surface area contributed by atoms with Crippen LogP contribution in [0.3, 0.4) is 0 Å². The largest absolute Gasteiger partial charge is 0.489 e. The van der Waals surface area contributed by atoms with Crippen molar-refractivity contribution < 1.29 is 19.4 Å². The summed E-state index contributed by atoms with van der Waals surface area (Å²) >= 11 is 1.63. The Labute approximate surface area is 217 Å². The molecule has 5 nitrogen and oxygen atoms in total. The van der Waals surface area contributed by atoms with Crippen LogP contribution in [-0.4, -0.2) is 23.2 Å². The number of carboxylic acids is 1. The molecule has 1 saturated carbocycles. The number of nitrogens with zero attached hydrogens (tertiary/aromatic N) is 1. The lowest BCUT2D eigenvalue weighted by atomic mass is 9.52. The van der Waals surface area contributed by atoms with E-state index in [9.17, 15) is 9.90 Å². The molecule has 1 fully saturated rings. The first kappa shape index (κ1) is 25.0. The zero-order valence-corrected chi connectivity index (χ0v) is 22.4. The molecule has 2 aliphatic carbocycles. The molecule has 0 bridgehead atoms. The lowest BCUT2D eigenvalue weighted by molar-refractivity contribution is -0.150. The molecular formula is C30H35NO4S. The standard InChI is InChI=1S/C30H35NO4S/c1-29(2,3)27(34-4)23-14-19(7-10-22(23)26-16-31-18-36-26)17-35-21-9-8-20-6-5-12-30(25(20)15-21)13-11-24(30)28(32)33/h7-10,14-16,18,24,27H,5-6,11-13,17H2,1-4H3,(H,32,33). The Kier molecular flexibility index (Phi) is 6.69. The van der Waals surface area contributed by atoms with Gasteiger partial charge in [0.15, 0.2) is 0 Å². The van der Waals surface area contributed by atoms with E-state index >= 15 is 0 Å². The second-order valence-corrected chi connectivity index (χ2v) is 12.2. The van der Waals surface area contributed by atoms with E-state index in [2.05, 4.69) is 56.1 Å². The molecule has 0 saturated heterocycles. The van der Waals surface area contributed by atoms with Gasteiger partial charge in [-0.15, -0.1) is 11.3 Å². The van der Waals surface area contributed by atoms with Gasteiger partial charge < -0.3 is 14.6 Å². The summed E-state index contributed by atoms with van der Waals surface area (Å²) in [5.41, 5.74) is 7.38. The summed E-state index contributed by atoms with van der Waals surface area (Å²) in [5, 5.41) is 9.79. The van der Waals surface area contributed by atoms with Crippen LogP contribution in [0.5, 0.6) is 5.75 Å². The SMILES string of the molecule is COC(c1cc(COc2ccc3c(c2)C2(CCC3)CCC2C(=O)O)ccc1-c1cncs1)C(C)(C)C. The molecule has 0 radical (unpaired) electrons. The minimum Gasteiger partial charge on any atom is -0.489 e. The number of benzene rings is 2. The molecule has 3 atom stereocenters. The van der Waals surface area contributed by atoms with Crippen LogP contribution in [0, 0.1) is 11.3 Å². The van der Waals surface area contributed by atoms with Crippen LogP contribution >= 0.6 is 11.3 Å². The highest BCUT2D eigenvalue weighted by Gasteiger charge is 2.53. The van der Waals surface area contributed by atoms with Gasteiger partial charge in [-0.05, 0) is 83.5 Å². The summed E-state index contributed by atoms with van der Waals surface area (Å²) in [5.74, 6) is -0.143. The van der Waals surface area contributed by atoms with Gasteiger partial charge in [0.1, 0.15) is 12.4 Å². The number of methoxy groups -OCH3 is 1. The Balaban J connectivity index is 1.42. The van der Waals surface area contributed by atoms with E-state index < -0.39 is 5.97 Å². The number of fused-ring (bicyclic) bond motifs is 2. The van der Waals surface area contributed by atoms with Crippen LogP contribution in [-0.2, 0) is 28.0 Å². The number of rotatable bonds is 7. The first-order chi connectivity index (χ1) is 17.2. The molecule has 6 heteroatoms. The van der Waals surface area contributed by atoms with Gasteiger partial charge >= 0.3 is 5.97 Å². The van der Waals surface area contributed by atoms with Crippen molar-refractivity contribution in [3.8, 4) is 16.2 Å². The van der Waals surface area contributed by atoms with Crippen molar-refractivity contribution in [1.82, 2.24) is 4.98 Å². The zero-order valence-electron chi connectivity index (χ0n) is 21.5. The Bertz CT molecular complexity index is 1250. The Morgan fingerprint density at radius 2 is 2.06 bits per heavy atom. The zero-order chi connectivity index (χ0) is 25.5. The molecular weight excluding hydrogens is 470 g/mol. The van der Waals surface area contributed by atoms with Crippen molar-refractivity contribution in [2.45, 2.75) is 71.0 Å². The van der Waals surface area contributed by atoms with E-state index in [4.69, 9.17) is 9.47 Å². The molecule has 1 heterocycles. The van der Waals surface area contributed by atoms with E-state index in [0.29, 0.717) is 6.61 Å². The topological polar surface area (TPSA) is 68.7 Å². The van der Waals surface area contributed by atoms with Crippen LogP contribution < -0.4 is 4.74 Å². The minimum atomic E-state index is -0.666. The molecule has 1 N–H and O–H groups in total. The van der Waals surface area contributed by atoms with Gasteiger partial charge in [0.05, 0.1) is 22.4 Å². The summed E-state index contributed by atoms with van der Waals surface area (Å²) in [6.45, 7) is 7.00. The van der Waals surface area contributed by atoms with E-state index in [0.717, 1.165) is 59.4 Å². The first-order valence-corrected chi connectivity index (χ1v) is 13.6. The highest BCUT2D eigenvalue weighted by atomic mass is 32.1. The molecule has 5 rings (SSSR count). The van der Waals surface area contributed by atoms with E-state index in [1.165, 1.54) is 11.1 Å². The maximum Gasteiger partial charge on any atom is 0.307 e. The fraction of sp³-hybridized carbons (Fsp3) is 0.467. The summed E-state index contributed by atoms with van der Waals surface area (Å²) in [7, 11) is 1.77. The molecule has 0 aliphatic heterocycles. The maximum absolute atomic E-state index is 11.9. The third kappa shape index (κ3) is 4.46. The van der Waals surface area contributed by atoms with E-state index in [1.54, 1.807) is 18.4 Å². The Morgan fingerprint density at radius 3 is 2.69 bits per heavy atom. The number of carbonyl (C=O) groups is 1. The minimum absolute atomic E-state index is 0.0790. The highest BCUT2D eigenvalue weighted by molar-refractivity contribution is 7.13. The van der Waals surface area contributed by atoms with Gasteiger partial charge in [-0.3, -0.25) is 9.78 Å². The summed E-state index contributed by atoms with van der Waals surface area (Å²) < 4.78 is 12.3. The van der Waals surface area contributed by atoms with E-state index in [1.807, 2.05) is 17.8 Å². The van der Waals surface area contributed by atoms with Gasteiger partial charge in [0.2, 0.25) is 0 Å². The third-order valence-electron chi connectivity index (χ3n) is 8.05. The van der Waals surface area contributed by atoms with Crippen molar-refractivity contribution in [1.29, 1.82) is 0 Å². The van der Waals surface area contributed by atoms with Gasteiger partial charge in [-0.25, -0.2) is 0 Å². The van der Waals surface area contributed by atoms with Crippen LogP contribution in [0.2, 0.25) is 0 Å². The second kappa shape index (κ2) is 9.64. The molecule has 2 aliphatic rings. The molecule has 3 aromatic rings. The number of hydrogen-bond acceptors (Lipinski definition) is 5. The Morgan fingerprint density at radius 1 is 1.22 bits per heavy atom. The molecule has 1 aromatic heterocycles. The predicted octanol–water partition coefficient (Wildman–Crippen LogP) is 7.19. The molecule has 2 aromatic carbocycles. The predicted molar refractivity (Wildman–Crippen MR) is 143 cm³/mol.